The lowest BCUT2D eigenvalue weighted by Crippen LogP contribution is -2.47. The van der Waals surface area contributed by atoms with Crippen molar-refractivity contribution in [1.29, 1.82) is 0 Å². The van der Waals surface area contributed by atoms with Gasteiger partial charge in [-0.05, 0) is 18.3 Å². The fourth-order valence-electron chi connectivity index (χ4n) is 2.18. The summed E-state index contributed by atoms with van der Waals surface area (Å²) < 4.78 is 0. The molecule has 1 saturated heterocycles. The average molecular weight is 334 g/mol. The van der Waals surface area contributed by atoms with Crippen molar-refractivity contribution in [2.75, 3.05) is 13.1 Å². The van der Waals surface area contributed by atoms with Gasteiger partial charge in [-0.15, -0.1) is 0 Å². The molecule has 3 amide bonds. The molecule has 1 fully saturated rings. The number of nitrogens with zero attached hydrogens (tertiary/aromatic N) is 1. The monoisotopic (exact) mass is 333 g/mol. The lowest BCUT2D eigenvalue weighted by Gasteiger charge is -2.23. The molecule has 0 aromatic carbocycles. The third-order valence-electron chi connectivity index (χ3n) is 3.03. The summed E-state index contributed by atoms with van der Waals surface area (Å²) >= 11 is 0. The molecular formula is C17H39N3O3. The Balaban J connectivity index is -0.000000342. The summed E-state index contributed by atoms with van der Waals surface area (Å²) in [5.41, 5.74) is 5.13. The fourth-order valence-corrected chi connectivity index (χ4v) is 2.18. The molecule has 6 nitrogen and oxygen atoms in total. The minimum absolute atomic E-state index is 0. The summed E-state index contributed by atoms with van der Waals surface area (Å²) in [6.45, 7) is 14.3. The first-order valence-corrected chi connectivity index (χ1v) is 8.56. The van der Waals surface area contributed by atoms with Gasteiger partial charge in [0, 0.05) is 15.8 Å². The largest absolute Gasteiger partial charge is 0.368 e. The summed E-state index contributed by atoms with van der Waals surface area (Å²) in [6.07, 6.45) is 1.74. The number of carbonyl (C=O) groups excluding carboxylic acids is 3. The summed E-state index contributed by atoms with van der Waals surface area (Å²) in [5, 5.41) is 2.59. The predicted molar refractivity (Wildman–Crippen MR) is 97.9 cm³/mol. The first-order chi connectivity index (χ1) is 10.7. The first kappa shape index (κ1) is 23.7. The van der Waals surface area contributed by atoms with Crippen LogP contribution >= 0.6 is 0 Å². The number of primary amides is 1. The average Bonchev–Trinajstić information content (AvgIpc) is 2.97. The van der Waals surface area contributed by atoms with Crippen LogP contribution in [0.3, 0.4) is 0 Å². The maximum absolute atomic E-state index is 11.9. The van der Waals surface area contributed by atoms with Gasteiger partial charge in [-0.1, -0.05) is 48.5 Å². The lowest BCUT2D eigenvalue weighted by atomic mass is 9.92. The van der Waals surface area contributed by atoms with Gasteiger partial charge in [-0.25, -0.2) is 0 Å². The summed E-state index contributed by atoms with van der Waals surface area (Å²) in [4.78, 5) is 36.2. The van der Waals surface area contributed by atoms with Crippen molar-refractivity contribution in [3.05, 3.63) is 0 Å². The number of nitrogens with one attached hydrogen (secondary N) is 1. The van der Waals surface area contributed by atoms with Crippen LogP contribution in [-0.2, 0) is 14.4 Å². The molecule has 0 aromatic rings. The van der Waals surface area contributed by atoms with Crippen molar-refractivity contribution in [1.82, 2.24) is 10.2 Å². The van der Waals surface area contributed by atoms with E-state index < -0.39 is 11.9 Å². The second kappa shape index (κ2) is 11.9. The van der Waals surface area contributed by atoms with E-state index >= 15 is 0 Å². The van der Waals surface area contributed by atoms with Gasteiger partial charge < -0.3 is 16.0 Å². The van der Waals surface area contributed by atoms with Crippen LogP contribution in [0.15, 0.2) is 0 Å². The zero-order valence-electron chi connectivity index (χ0n) is 15.9. The van der Waals surface area contributed by atoms with Gasteiger partial charge >= 0.3 is 0 Å². The van der Waals surface area contributed by atoms with Crippen LogP contribution in [0.1, 0.15) is 70.6 Å². The molecule has 0 saturated carbocycles. The number of hydrogen-bond acceptors (Lipinski definition) is 3. The fraction of sp³-hybridized carbons (Fsp3) is 0.824. The SMILES string of the molecule is CC.CC.CC(C)(C)CC(=O)NCC(=O)N1CCC[C@H]1C(N)=O.[HH].[HH]. The number of nitrogens with two attached hydrogens (primary N) is 1. The minimum Gasteiger partial charge on any atom is -0.368 e. The molecule has 1 aliphatic rings. The van der Waals surface area contributed by atoms with Gasteiger partial charge in [-0.2, -0.15) is 0 Å². The van der Waals surface area contributed by atoms with E-state index in [1.54, 1.807) is 0 Å². The van der Waals surface area contributed by atoms with Crippen LogP contribution in [0.25, 0.3) is 0 Å². The molecule has 0 aromatic heterocycles. The van der Waals surface area contributed by atoms with E-state index in [4.69, 9.17) is 5.73 Å². The first-order valence-electron chi connectivity index (χ1n) is 8.56. The van der Waals surface area contributed by atoms with Crippen LogP contribution in [-0.4, -0.2) is 41.8 Å². The highest BCUT2D eigenvalue weighted by atomic mass is 16.2. The highest BCUT2D eigenvalue weighted by Crippen LogP contribution is 2.18. The van der Waals surface area contributed by atoms with E-state index in [-0.39, 0.29) is 26.6 Å². The smallest absolute Gasteiger partial charge is 0.242 e. The molecule has 23 heavy (non-hydrogen) atoms. The molecule has 1 aliphatic heterocycles. The maximum atomic E-state index is 11.9. The number of rotatable bonds is 4. The predicted octanol–water partition coefficient (Wildman–Crippen LogP) is 2.56. The van der Waals surface area contributed by atoms with Crippen LogP contribution in [0.5, 0.6) is 0 Å². The summed E-state index contributed by atoms with van der Waals surface area (Å²) in [5.74, 6) is -0.883. The highest BCUT2D eigenvalue weighted by Gasteiger charge is 2.32. The Hall–Kier alpha value is -1.59. The quantitative estimate of drug-likeness (QED) is 0.828. The molecular weight excluding hydrogens is 294 g/mol. The Morgan fingerprint density at radius 3 is 2.13 bits per heavy atom. The van der Waals surface area contributed by atoms with Crippen LogP contribution in [0.2, 0.25) is 0 Å². The second-order valence-electron chi connectivity index (χ2n) is 6.16. The molecule has 0 unspecified atom stereocenters. The Morgan fingerprint density at radius 2 is 1.70 bits per heavy atom. The van der Waals surface area contributed by atoms with Crippen molar-refractivity contribution < 1.29 is 17.2 Å². The third-order valence-corrected chi connectivity index (χ3v) is 3.03. The molecule has 3 N–H and O–H groups in total. The Kier molecular flexibility index (Phi) is 12.3. The van der Waals surface area contributed by atoms with Gasteiger partial charge in [-0.3, -0.25) is 14.4 Å². The minimum atomic E-state index is -0.521. The molecule has 6 heteroatoms. The van der Waals surface area contributed by atoms with Crippen molar-refractivity contribution >= 4 is 17.7 Å². The number of amides is 3. The molecule has 0 aliphatic carbocycles. The van der Waals surface area contributed by atoms with E-state index in [2.05, 4.69) is 5.32 Å². The Labute approximate surface area is 144 Å². The van der Waals surface area contributed by atoms with E-state index in [1.807, 2.05) is 48.5 Å². The Morgan fingerprint density at radius 1 is 1.17 bits per heavy atom. The molecule has 0 radical (unpaired) electrons. The summed E-state index contributed by atoms with van der Waals surface area (Å²) in [7, 11) is 0. The molecule has 0 bridgehead atoms. The molecule has 1 atom stereocenters. The van der Waals surface area contributed by atoms with E-state index in [0.29, 0.717) is 19.4 Å². The molecule has 0 spiro atoms. The van der Waals surface area contributed by atoms with Crippen molar-refractivity contribution in [2.24, 2.45) is 11.1 Å². The number of hydrogen-bond donors (Lipinski definition) is 2. The van der Waals surface area contributed by atoms with Gasteiger partial charge in [0.1, 0.15) is 6.04 Å². The van der Waals surface area contributed by atoms with E-state index in [9.17, 15) is 14.4 Å². The van der Waals surface area contributed by atoms with Crippen LogP contribution < -0.4 is 11.1 Å². The topological polar surface area (TPSA) is 92.5 Å². The van der Waals surface area contributed by atoms with Gasteiger partial charge in [0.2, 0.25) is 17.7 Å². The van der Waals surface area contributed by atoms with Crippen LogP contribution in [0.4, 0.5) is 0 Å². The van der Waals surface area contributed by atoms with E-state index in [1.165, 1.54) is 4.90 Å². The standard InChI is InChI=1S/C13H23N3O3.2C2H6.2H2/c1-13(2,3)7-10(17)15-8-11(18)16-6-4-5-9(16)12(14)19;2*1-2;;/h9H,4-8H2,1-3H3,(H2,14,19)(H,15,17);2*1-2H3;2*1H/t9-;;;;/m0..../s1. The second-order valence-corrected chi connectivity index (χ2v) is 6.16. The zero-order chi connectivity index (χ0) is 18.6. The summed E-state index contributed by atoms with van der Waals surface area (Å²) in [6, 6.07) is -0.521. The van der Waals surface area contributed by atoms with Gasteiger partial charge in [0.25, 0.3) is 0 Å². The van der Waals surface area contributed by atoms with Crippen molar-refractivity contribution in [2.45, 2.75) is 73.8 Å². The normalized spacial score (nSPS) is 16.5. The van der Waals surface area contributed by atoms with E-state index in [0.717, 1.165) is 6.42 Å². The number of carbonyl (C=O) groups is 3. The lowest BCUT2D eigenvalue weighted by molar-refractivity contribution is -0.137. The van der Waals surface area contributed by atoms with Crippen molar-refractivity contribution in [3.63, 3.8) is 0 Å². The molecule has 1 rings (SSSR count). The highest BCUT2D eigenvalue weighted by molar-refractivity contribution is 5.90. The maximum Gasteiger partial charge on any atom is 0.242 e. The van der Waals surface area contributed by atoms with Crippen molar-refractivity contribution in [3.8, 4) is 0 Å². The zero-order valence-corrected chi connectivity index (χ0v) is 15.9. The molecule has 1 heterocycles. The van der Waals surface area contributed by atoms with Crippen LogP contribution in [0, 0.1) is 5.41 Å². The Bertz CT molecular complexity index is 386. The van der Waals surface area contributed by atoms with Gasteiger partial charge in [0.15, 0.2) is 0 Å². The third kappa shape index (κ3) is 9.92. The molecule has 140 valence electrons. The number of likely N-dealkylation sites (tertiary alicyclic amines) is 1. The van der Waals surface area contributed by atoms with Gasteiger partial charge in [0.05, 0.1) is 6.54 Å².